The van der Waals surface area contributed by atoms with Crippen LogP contribution in [0.4, 0.5) is 0 Å². The van der Waals surface area contributed by atoms with Gasteiger partial charge in [0, 0.05) is 6.04 Å². The zero-order chi connectivity index (χ0) is 19.9. The van der Waals surface area contributed by atoms with Gasteiger partial charge in [0.05, 0.1) is 33.3 Å². The van der Waals surface area contributed by atoms with Gasteiger partial charge in [-0.15, -0.1) is 0 Å². The molecule has 1 aliphatic carbocycles. The summed E-state index contributed by atoms with van der Waals surface area (Å²) in [6.45, 7) is 0. The molecule has 2 aromatic carbocycles. The van der Waals surface area contributed by atoms with Crippen molar-refractivity contribution in [1.29, 1.82) is 0 Å². The zero-order valence-electron chi connectivity index (χ0n) is 16.6. The van der Waals surface area contributed by atoms with Crippen LogP contribution >= 0.6 is 0 Å². The van der Waals surface area contributed by atoms with E-state index in [0.717, 1.165) is 29.0 Å². The Kier molecular flexibility index (Phi) is 6.71. The molecule has 0 amide bonds. The number of benzene rings is 2. The molecule has 1 N–H and O–H groups in total. The molecule has 0 radical (unpaired) electrons. The molecule has 0 heterocycles. The maximum absolute atomic E-state index is 12.0. The van der Waals surface area contributed by atoms with Crippen LogP contribution in [-0.4, -0.2) is 33.3 Å². The maximum Gasteiger partial charge on any atom is 0.309 e. The third kappa shape index (κ3) is 4.73. The summed E-state index contributed by atoms with van der Waals surface area (Å²) in [5, 5.41) is 3.70. The highest BCUT2D eigenvalue weighted by Gasteiger charge is 2.27. The molecule has 0 saturated heterocycles. The van der Waals surface area contributed by atoms with Crippen LogP contribution in [0.5, 0.6) is 11.5 Å². The summed E-state index contributed by atoms with van der Waals surface area (Å²) in [6, 6.07) is 16.1. The van der Waals surface area contributed by atoms with Crippen molar-refractivity contribution in [3.63, 3.8) is 0 Å². The molecule has 2 aromatic rings. The van der Waals surface area contributed by atoms with Crippen LogP contribution < -0.4 is 14.8 Å². The van der Waals surface area contributed by atoms with Gasteiger partial charge in [0.1, 0.15) is 11.5 Å². The molecule has 0 spiro atoms. The second kappa shape index (κ2) is 9.42. The van der Waals surface area contributed by atoms with Gasteiger partial charge in [-0.25, -0.2) is 0 Å². The van der Waals surface area contributed by atoms with Crippen LogP contribution in [0.15, 0.2) is 60.7 Å². The summed E-state index contributed by atoms with van der Waals surface area (Å²) in [6.07, 6.45) is 5.63. The molecular weight excluding hydrogens is 354 g/mol. The average molecular weight is 381 g/mol. The third-order valence-corrected chi connectivity index (χ3v) is 5.14. The Bertz CT molecular complexity index is 751. The van der Waals surface area contributed by atoms with E-state index in [0.29, 0.717) is 6.42 Å². The minimum absolute atomic E-state index is 0.0251. The Hall–Kier alpha value is -2.79. The Morgan fingerprint density at radius 2 is 1.46 bits per heavy atom. The number of carbonyl (C=O) groups excluding carboxylic acids is 1. The number of nitrogens with one attached hydrogen (secondary N) is 1. The van der Waals surface area contributed by atoms with Gasteiger partial charge in [0.2, 0.25) is 0 Å². The van der Waals surface area contributed by atoms with Crippen LogP contribution in [0, 0.1) is 5.92 Å². The molecule has 28 heavy (non-hydrogen) atoms. The smallest absolute Gasteiger partial charge is 0.309 e. The lowest BCUT2D eigenvalue weighted by molar-refractivity contribution is -0.145. The lowest BCUT2D eigenvalue weighted by atomic mass is 9.89. The fourth-order valence-electron chi connectivity index (χ4n) is 3.56. The lowest BCUT2D eigenvalue weighted by Crippen LogP contribution is -2.37. The summed E-state index contributed by atoms with van der Waals surface area (Å²) in [4.78, 5) is 12.0. The molecule has 0 aliphatic heterocycles. The van der Waals surface area contributed by atoms with Crippen molar-refractivity contribution in [3.8, 4) is 11.5 Å². The monoisotopic (exact) mass is 381 g/mol. The van der Waals surface area contributed by atoms with Gasteiger partial charge in [-0.05, 0) is 48.2 Å². The number of hydrogen-bond donors (Lipinski definition) is 1. The van der Waals surface area contributed by atoms with Gasteiger partial charge in [0.25, 0.3) is 0 Å². The fourth-order valence-corrected chi connectivity index (χ4v) is 3.56. The Morgan fingerprint density at radius 1 is 0.929 bits per heavy atom. The van der Waals surface area contributed by atoms with Gasteiger partial charge >= 0.3 is 5.97 Å². The normalized spacial score (nSPS) is 18.7. The first-order chi connectivity index (χ1) is 13.6. The molecule has 148 valence electrons. The first kappa shape index (κ1) is 20.0. The molecule has 0 fully saturated rings. The first-order valence-electron chi connectivity index (χ1n) is 9.43. The number of hydrogen-bond acceptors (Lipinski definition) is 5. The maximum atomic E-state index is 12.0. The minimum atomic E-state index is -0.151. The molecule has 5 nitrogen and oxygen atoms in total. The summed E-state index contributed by atoms with van der Waals surface area (Å²) < 4.78 is 15.5. The van der Waals surface area contributed by atoms with E-state index in [-0.39, 0.29) is 24.0 Å². The summed E-state index contributed by atoms with van der Waals surface area (Å²) in [5.74, 6) is 1.38. The first-order valence-corrected chi connectivity index (χ1v) is 9.43. The van der Waals surface area contributed by atoms with E-state index in [9.17, 15) is 4.79 Å². The third-order valence-electron chi connectivity index (χ3n) is 5.14. The molecule has 0 bridgehead atoms. The second-order valence-electron chi connectivity index (χ2n) is 6.87. The molecule has 5 heteroatoms. The van der Waals surface area contributed by atoms with Crippen molar-refractivity contribution in [2.24, 2.45) is 5.92 Å². The van der Waals surface area contributed by atoms with E-state index in [1.807, 2.05) is 24.3 Å². The Balaban J connectivity index is 1.86. The molecule has 2 unspecified atom stereocenters. The number of carbonyl (C=O) groups is 1. The van der Waals surface area contributed by atoms with Gasteiger partial charge in [-0.3, -0.25) is 10.1 Å². The fraction of sp³-hybridized carbons (Fsp3) is 0.348. The van der Waals surface area contributed by atoms with Crippen LogP contribution in [0.2, 0.25) is 0 Å². The number of rotatable bonds is 7. The van der Waals surface area contributed by atoms with Crippen molar-refractivity contribution in [2.75, 3.05) is 21.3 Å². The van der Waals surface area contributed by atoms with Gasteiger partial charge in [-0.2, -0.15) is 0 Å². The summed E-state index contributed by atoms with van der Waals surface area (Å²) in [5.41, 5.74) is 2.25. The molecule has 0 saturated carbocycles. The highest BCUT2D eigenvalue weighted by molar-refractivity contribution is 5.72. The van der Waals surface area contributed by atoms with E-state index < -0.39 is 0 Å². The van der Waals surface area contributed by atoms with Gasteiger partial charge < -0.3 is 14.2 Å². The number of esters is 1. The molecular formula is C23H27NO4. The van der Waals surface area contributed by atoms with E-state index >= 15 is 0 Å². The minimum Gasteiger partial charge on any atom is -0.497 e. The van der Waals surface area contributed by atoms with E-state index in [1.165, 1.54) is 7.11 Å². The van der Waals surface area contributed by atoms with Gasteiger partial charge in [-0.1, -0.05) is 36.4 Å². The van der Waals surface area contributed by atoms with Crippen molar-refractivity contribution in [2.45, 2.75) is 24.9 Å². The highest BCUT2D eigenvalue weighted by atomic mass is 16.5. The van der Waals surface area contributed by atoms with Crippen LogP contribution in [-0.2, 0) is 9.53 Å². The average Bonchev–Trinajstić information content (AvgIpc) is 2.77. The van der Waals surface area contributed by atoms with Gasteiger partial charge in [0.15, 0.2) is 0 Å². The topological polar surface area (TPSA) is 56.8 Å². The van der Waals surface area contributed by atoms with Crippen LogP contribution in [0.25, 0.3) is 0 Å². The molecule has 2 atom stereocenters. The standard InChI is InChI=1S/C23H27NO4/c1-26-20-11-7-16(8-12-20)22(17-9-13-21(27-2)14-10-17)24-19-6-4-5-18(15-19)23(25)28-3/h4,6-14,18-19,22,24H,5,15H2,1-3H3. The van der Waals surface area contributed by atoms with Crippen LogP contribution in [0.3, 0.4) is 0 Å². The number of methoxy groups -OCH3 is 3. The molecule has 0 aromatic heterocycles. The predicted octanol–water partition coefficient (Wildman–Crippen LogP) is 3.89. The van der Waals surface area contributed by atoms with Crippen molar-refractivity contribution in [3.05, 3.63) is 71.8 Å². The Morgan fingerprint density at radius 3 is 1.93 bits per heavy atom. The van der Waals surface area contributed by atoms with E-state index in [2.05, 4.69) is 41.7 Å². The second-order valence-corrected chi connectivity index (χ2v) is 6.87. The molecule has 3 rings (SSSR count). The largest absolute Gasteiger partial charge is 0.497 e. The quantitative estimate of drug-likeness (QED) is 0.582. The van der Waals surface area contributed by atoms with Crippen molar-refractivity contribution >= 4 is 5.97 Å². The van der Waals surface area contributed by atoms with E-state index in [1.54, 1.807) is 14.2 Å². The van der Waals surface area contributed by atoms with Crippen molar-refractivity contribution < 1.29 is 19.0 Å². The lowest BCUT2D eigenvalue weighted by Gasteiger charge is -2.29. The van der Waals surface area contributed by atoms with Crippen LogP contribution in [0.1, 0.15) is 30.0 Å². The molecule has 1 aliphatic rings. The number of allylic oxidation sites excluding steroid dienone is 1. The van der Waals surface area contributed by atoms with E-state index in [4.69, 9.17) is 14.2 Å². The highest BCUT2D eigenvalue weighted by Crippen LogP contribution is 2.29. The predicted molar refractivity (Wildman–Crippen MR) is 109 cm³/mol. The zero-order valence-corrected chi connectivity index (χ0v) is 16.6. The Labute approximate surface area is 166 Å². The summed E-state index contributed by atoms with van der Waals surface area (Å²) >= 11 is 0. The summed E-state index contributed by atoms with van der Waals surface area (Å²) in [7, 11) is 4.77. The number of ether oxygens (including phenoxy) is 3. The van der Waals surface area contributed by atoms with Crippen molar-refractivity contribution in [1.82, 2.24) is 5.32 Å². The SMILES string of the molecule is COC(=O)C1CC=CC(NC(c2ccc(OC)cc2)c2ccc(OC)cc2)C1.